The first-order valence-electron chi connectivity index (χ1n) is 16.4. The summed E-state index contributed by atoms with van der Waals surface area (Å²) >= 11 is 0. The first-order valence-corrected chi connectivity index (χ1v) is 16.4. The van der Waals surface area contributed by atoms with Gasteiger partial charge >= 0.3 is 12.2 Å². The Hall–Kier alpha value is -3.16. The van der Waals surface area contributed by atoms with Gasteiger partial charge in [-0.3, -0.25) is 19.2 Å². The number of carbonyl (C=O) groups excluding carboxylic acids is 5. The Labute approximate surface area is 276 Å². The summed E-state index contributed by atoms with van der Waals surface area (Å²) in [5.74, 6) is -4.16. The van der Waals surface area contributed by atoms with Crippen LogP contribution in [0.4, 0.5) is 18.0 Å². The number of amides is 5. The summed E-state index contributed by atoms with van der Waals surface area (Å²) in [6.45, 7) is 15.3. The van der Waals surface area contributed by atoms with Gasteiger partial charge in [0.25, 0.3) is 5.91 Å². The third-order valence-corrected chi connectivity index (χ3v) is 9.48. The van der Waals surface area contributed by atoms with Crippen LogP contribution >= 0.6 is 0 Å². The Morgan fingerprint density at radius 1 is 1.04 bits per heavy atom. The lowest BCUT2D eigenvalue weighted by atomic mass is 9.79. The predicted molar refractivity (Wildman–Crippen MR) is 171 cm³/mol. The zero-order chi connectivity index (χ0) is 35.7. The zero-order valence-electron chi connectivity index (χ0n) is 28.9. The van der Waals surface area contributed by atoms with Crippen molar-refractivity contribution in [3.63, 3.8) is 0 Å². The SMILES string of the molecule is C=CCNC(=O)C(=O)C(CCC(F)(F)F)NC(=O)C1[C@@H](C(C)C)CCN1C(=O)[C@@H](NC(=O)NC(COC)C(C)(C)C)C1(C)CCCC1. The molecule has 1 saturated carbocycles. The van der Waals surface area contributed by atoms with E-state index < -0.39 is 72.1 Å². The average molecular weight is 674 g/mol. The number of halogens is 3. The maximum Gasteiger partial charge on any atom is 0.389 e. The van der Waals surface area contributed by atoms with Gasteiger partial charge < -0.3 is 30.9 Å². The number of nitrogens with zero attached hydrogens (tertiary/aromatic N) is 1. The van der Waals surface area contributed by atoms with Gasteiger partial charge in [-0.1, -0.05) is 60.5 Å². The van der Waals surface area contributed by atoms with Gasteiger partial charge in [0.05, 0.1) is 18.7 Å². The van der Waals surface area contributed by atoms with Crippen molar-refractivity contribution in [3.8, 4) is 0 Å². The molecule has 2 rings (SSSR count). The van der Waals surface area contributed by atoms with Crippen molar-refractivity contribution in [1.82, 2.24) is 26.2 Å². The number of urea groups is 1. The number of ether oxygens (including phenoxy) is 1. The number of nitrogens with one attached hydrogen (secondary N) is 4. The molecule has 1 saturated heterocycles. The van der Waals surface area contributed by atoms with Crippen molar-refractivity contribution in [3.05, 3.63) is 12.7 Å². The average Bonchev–Trinajstić information content (AvgIpc) is 3.62. The number of hydrogen-bond donors (Lipinski definition) is 4. The van der Waals surface area contributed by atoms with Gasteiger partial charge in [-0.15, -0.1) is 6.58 Å². The predicted octanol–water partition coefficient (Wildman–Crippen LogP) is 3.87. The quantitative estimate of drug-likeness (QED) is 0.154. The van der Waals surface area contributed by atoms with Gasteiger partial charge in [-0.05, 0) is 48.3 Å². The van der Waals surface area contributed by atoms with Crippen molar-refractivity contribution >= 4 is 29.5 Å². The number of carbonyl (C=O) groups is 5. The molecule has 0 aromatic carbocycles. The van der Waals surface area contributed by atoms with E-state index in [-0.39, 0.29) is 43.0 Å². The summed E-state index contributed by atoms with van der Waals surface area (Å²) in [6.07, 6.45) is -2.12. The number of ketones is 1. The van der Waals surface area contributed by atoms with Crippen LogP contribution in [0, 0.1) is 22.7 Å². The van der Waals surface area contributed by atoms with E-state index in [0.717, 1.165) is 12.8 Å². The molecule has 47 heavy (non-hydrogen) atoms. The second kappa shape index (κ2) is 16.8. The Morgan fingerprint density at radius 2 is 1.66 bits per heavy atom. The van der Waals surface area contributed by atoms with Gasteiger partial charge in [0.1, 0.15) is 12.1 Å². The van der Waals surface area contributed by atoms with Gasteiger partial charge in [-0.2, -0.15) is 13.2 Å². The Balaban J connectivity index is 2.42. The van der Waals surface area contributed by atoms with Gasteiger partial charge in [-0.25, -0.2) is 4.79 Å². The fourth-order valence-electron chi connectivity index (χ4n) is 6.52. The monoisotopic (exact) mass is 673 g/mol. The van der Waals surface area contributed by atoms with Crippen LogP contribution in [0.15, 0.2) is 12.7 Å². The van der Waals surface area contributed by atoms with Gasteiger partial charge in [0.2, 0.25) is 17.6 Å². The molecule has 2 fully saturated rings. The standard InChI is InChI=1S/C33H54F3N5O6/c1-9-17-37-28(44)25(42)22(12-16-33(34,35)36)38-27(43)24-21(20(2)3)13-18-41(24)29(45)26(32(7)14-10-11-15-32)40-30(46)39-23(19-47-8)31(4,5)6/h9,20-24,26H,1,10-19H2,2-8H3,(H,37,44)(H,38,43)(H2,39,40,46)/t21-,22?,23?,24?,26-/m1/s1. The molecule has 0 radical (unpaired) electrons. The smallest absolute Gasteiger partial charge is 0.383 e. The molecule has 1 aliphatic heterocycles. The van der Waals surface area contributed by atoms with E-state index in [1.54, 1.807) is 0 Å². The van der Waals surface area contributed by atoms with Crippen molar-refractivity contribution in [2.75, 3.05) is 26.8 Å². The highest BCUT2D eigenvalue weighted by Crippen LogP contribution is 2.42. The number of likely N-dealkylation sites (tertiary alicyclic amines) is 1. The van der Waals surface area contributed by atoms with Crippen LogP contribution in [0.3, 0.4) is 0 Å². The maximum absolute atomic E-state index is 14.5. The van der Waals surface area contributed by atoms with Crippen LogP contribution < -0.4 is 21.3 Å². The molecule has 14 heteroatoms. The lowest BCUT2D eigenvalue weighted by molar-refractivity contribution is -0.148. The van der Waals surface area contributed by atoms with Crippen molar-refractivity contribution in [2.45, 2.75) is 117 Å². The molecule has 268 valence electrons. The first-order chi connectivity index (χ1) is 21.8. The molecule has 0 bridgehead atoms. The lowest BCUT2D eigenvalue weighted by Crippen LogP contribution is -2.62. The molecular weight excluding hydrogens is 619 g/mol. The van der Waals surface area contributed by atoms with Crippen molar-refractivity contribution in [1.29, 1.82) is 0 Å². The number of methoxy groups -OCH3 is 1. The minimum absolute atomic E-state index is 0.0897. The molecule has 4 N–H and O–H groups in total. The number of alkyl halides is 3. The normalized spacial score (nSPS) is 21.5. The third kappa shape index (κ3) is 11.2. The molecule has 3 unspecified atom stereocenters. The van der Waals surface area contributed by atoms with E-state index in [4.69, 9.17) is 4.74 Å². The number of Topliss-reactive ketones (excluding diaryl/α,β-unsaturated/α-hetero) is 1. The highest BCUT2D eigenvalue weighted by atomic mass is 19.4. The molecule has 5 atom stereocenters. The second-order valence-electron chi connectivity index (χ2n) is 14.5. The molecule has 11 nitrogen and oxygen atoms in total. The number of rotatable bonds is 15. The van der Waals surface area contributed by atoms with E-state index in [9.17, 15) is 37.1 Å². The highest BCUT2D eigenvalue weighted by Gasteiger charge is 2.50. The largest absolute Gasteiger partial charge is 0.389 e. The molecule has 1 aliphatic carbocycles. The topological polar surface area (TPSA) is 146 Å². The summed E-state index contributed by atoms with van der Waals surface area (Å²) in [7, 11) is 1.53. The van der Waals surface area contributed by atoms with E-state index in [0.29, 0.717) is 19.3 Å². The van der Waals surface area contributed by atoms with E-state index in [1.165, 1.54) is 18.1 Å². The highest BCUT2D eigenvalue weighted by molar-refractivity contribution is 6.38. The van der Waals surface area contributed by atoms with Crippen LogP contribution in [0.2, 0.25) is 0 Å². The molecule has 0 spiro atoms. The second-order valence-corrected chi connectivity index (χ2v) is 14.5. The van der Waals surface area contributed by atoms with Gasteiger partial charge in [0.15, 0.2) is 0 Å². The van der Waals surface area contributed by atoms with Crippen molar-refractivity contribution in [2.24, 2.45) is 22.7 Å². The zero-order valence-corrected chi connectivity index (χ0v) is 28.9. The fraction of sp³-hybridized carbons (Fsp3) is 0.788. The molecule has 2 aliphatic rings. The maximum atomic E-state index is 14.5. The molecule has 1 heterocycles. The van der Waals surface area contributed by atoms with E-state index in [2.05, 4.69) is 27.8 Å². The summed E-state index contributed by atoms with van der Waals surface area (Å²) in [5.41, 5.74) is -0.965. The van der Waals surface area contributed by atoms with Crippen molar-refractivity contribution < 1.29 is 41.9 Å². The Bertz CT molecular complexity index is 1130. The van der Waals surface area contributed by atoms with E-state index >= 15 is 0 Å². The Morgan fingerprint density at radius 3 is 2.17 bits per heavy atom. The van der Waals surface area contributed by atoms with Gasteiger partial charge in [0, 0.05) is 26.6 Å². The van der Waals surface area contributed by atoms with E-state index in [1.807, 2.05) is 41.5 Å². The Kier molecular flexibility index (Phi) is 14.3. The minimum Gasteiger partial charge on any atom is -0.383 e. The minimum atomic E-state index is -4.64. The summed E-state index contributed by atoms with van der Waals surface area (Å²) < 4.78 is 44.9. The van der Waals surface area contributed by atoms with Crippen LogP contribution in [-0.4, -0.2) is 91.6 Å². The van der Waals surface area contributed by atoms with Crippen LogP contribution in [-0.2, 0) is 23.9 Å². The number of hydrogen-bond acceptors (Lipinski definition) is 6. The third-order valence-electron chi connectivity index (χ3n) is 9.48. The molecule has 0 aromatic heterocycles. The first kappa shape index (κ1) is 40.0. The lowest BCUT2D eigenvalue weighted by Gasteiger charge is -2.39. The molecule has 5 amide bonds. The summed E-state index contributed by atoms with van der Waals surface area (Å²) in [4.78, 5) is 68.5. The fourth-order valence-corrected chi connectivity index (χ4v) is 6.52. The van der Waals surface area contributed by atoms with Crippen LogP contribution in [0.5, 0.6) is 0 Å². The summed E-state index contributed by atoms with van der Waals surface area (Å²) in [5, 5.41) is 10.5. The molecular formula is C33H54F3N5O6. The van der Waals surface area contributed by atoms with Crippen LogP contribution in [0.1, 0.15) is 86.5 Å². The van der Waals surface area contributed by atoms with Crippen LogP contribution in [0.25, 0.3) is 0 Å². The summed E-state index contributed by atoms with van der Waals surface area (Å²) in [6, 6.07) is -4.82. The molecule has 0 aromatic rings.